The summed E-state index contributed by atoms with van der Waals surface area (Å²) < 4.78 is 13.6. The number of fused-ring (bicyclic) bond motifs is 3. The molecule has 3 aromatic heterocycles. The van der Waals surface area contributed by atoms with Crippen LogP contribution in [0.5, 0.6) is 0 Å². The van der Waals surface area contributed by atoms with E-state index in [1.54, 1.807) is 23.5 Å². The number of benzene rings is 1. The Hall–Kier alpha value is -2.64. The van der Waals surface area contributed by atoms with E-state index in [4.69, 9.17) is 9.15 Å². The number of hydrogen-bond acceptors (Lipinski definition) is 6. The van der Waals surface area contributed by atoms with Crippen molar-refractivity contribution in [3.63, 3.8) is 0 Å². The van der Waals surface area contributed by atoms with Crippen molar-refractivity contribution in [2.24, 2.45) is 0 Å². The Morgan fingerprint density at radius 2 is 1.96 bits per heavy atom. The maximum atomic E-state index is 12.2. The molecule has 0 saturated heterocycles. The van der Waals surface area contributed by atoms with Gasteiger partial charge in [0.2, 0.25) is 0 Å². The summed E-state index contributed by atoms with van der Waals surface area (Å²) >= 11 is 3.04. The van der Waals surface area contributed by atoms with Crippen LogP contribution in [0.1, 0.15) is 15.4 Å². The Kier molecular flexibility index (Phi) is 4.25. The molecule has 0 saturated carbocycles. The fourth-order valence-electron chi connectivity index (χ4n) is 2.45. The van der Waals surface area contributed by atoms with Crippen molar-refractivity contribution in [2.75, 3.05) is 6.61 Å². The molecule has 1 N–H and O–H groups in total. The van der Waals surface area contributed by atoms with Crippen LogP contribution in [0.25, 0.3) is 19.5 Å². The smallest absolute Gasteiger partial charge is 0.348 e. The summed E-state index contributed by atoms with van der Waals surface area (Å²) in [5.41, 5.74) is 0. The van der Waals surface area contributed by atoms with Gasteiger partial charge in [-0.1, -0.05) is 18.2 Å². The van der Waals surface area contributed by atoms with Crippen LogP contribution in [0.4, 0.5) is 0 Å². The molecule has 25 heavy (non-hydrogen) atoms. The van der Waals surface area contributed by atoms with Crippen molar-refractivity contribution in [2.45, 2.75) is 6.54 Å². The van der Waals surface area contributed by atoms with E-state index in [1.807, 2.05) is 24.3 Å². The molecule has 0 atom stereocenters. The Balaban J connectivity index is 1.39. The average Bonchev–Trinajstić information content (AvgIpc) is 3.33. The molecular formula is C18H13NO4S2. The number of carbonyl (C=O) groups is 2. The zero-order valence-electron chi connectivity index (χ0n) is 13.0. The minimum Gasteiger partial charge on any atom is -0.467 e. The number of ether oxygens (including phenoxy) is 1. The molecule has 0 spiro atoms. The summed E-state index contributed by atoms with van der Waals surface area (Å²) in [5.74, 6) is -0.204. The topological polar surface area (TPSA) is 68.5 Å². The van der Waals surface area contributed by atoms with Gasteiger partial charge in [-0.15, -0.1) is 22.7 Å². The highest BCUT2D eigenvalue weighted by Crippen LogP contribution is 2.39. The van der Waals surface area contributed by atoms with Crippen molar-refractivity contribution >= 4 is 54.0 Å². The van der Waals surface area contributed by atoms with Crippen molar-refractivity contribution in [1.82, 2.24) is 5.32 Å². The summed E-state index contributed by atoms with van der Waals surface area (Å²) in [7, 11) is 0. The lowest BCUT2D eigenvalue weighted by Gasteiger charge is -2.04. The van der Waals surface area contributed by atoms with Gasteiger partial charge in [-0.25, -0.2) is 4.79 Å². The molecule has 126 valence electrons. The minimum atomic E-state index is -0.481. The Morgan fingerprint density at radius 3 is 2.80 bits per heavy atom. The van der Waals surface area contributed by atoms with Gasteiger partial charge in [-0.05, 0) is 24.3 Å². The van der Waals surface area contributed by atoms with Gasteiger partial charge in [0.05, 0.1) is 17.5 Å². The Morgan fingerprint density at radius 1 is 1.08 bits per heavy atom. The standard InChI is InChI=1S/C18H13NO4S2/c20-16(19-9-11-4-3-7-22-11)10-23-18(21)15-8-14-17(25-15)12-5-1-2-6-13(12)24-14/h1-8H,9-10H2,(H,19,20). The molecule has 0 aliphatic heterocycles. The zero-order chi connectivity index (χ0) is 17.2. The molecule has 0 aliphatic carbocycles. The molecule has 7 heteroatoms. The van der Waals surface area contributed by atoms with E-state index in [0.717, 1.165) is 14.8 Å². The number of rotatable bonds is 5. The highest BCUT2D eigenvalue weighted by Gasteiger charge is 2.16. The second kappa shape index (κ2) is 6.70. The molecule has 4 rings (SSSR count). The van der Waals surface area contributed by atoms with Crippen LogP contribution in [-0.2, 0) is 16.1 Å². The third-order valence-electron chi connectivity index (χ3n) is 3.63. The normalized spacial score (nSPS) is 11.0. The highest BCUT2D eigenvalue weighted by atomic mass is 32.1. The fourth-order valence-corrected chi connectivity index (χ4v) is 4.87. The van der Waals surface area contributed by atoms with Gasteiger partial charge in [0, 0.05) is 14.8 Å². The number of hydrogen-bond donors (Lipinski definition) is 1. The van der Waals surface area contributed by atoms with Gasteiger partial charge >= 0.3 is 5.97 Å². The van der Waals surface area contributed by atoms with E-state index in [9.17, 15) is 9.59 Å². The van der Waals surface area contributed by atoms with Gasteiger partial charge in [0.15, 0.2) is 6.61 Å². The van der Waals surface area contributed by atoms with Crippen LogP contribution in [0.3, 0.4) is 0 Å². The quantitative estimate of drug-likeness (QED) is 0.534. The van der Waals surface area contributed by atoms with Gasteiger partial charge in [-0.3, -0.25) is 4.79 Å². The lowest BCUT2D eigenvalue weighted by molar-refractivity contribution is -0.124. The summed E-state index contributed by atoms with van der Waals surface area (Å²) in [4.78, 5) is 24.4. The van der Waals surface area contributed by atoms with Crippen molar-refractivity contribution in [3.8, 4) is 0 Å². The Labute approximate surface area is 150 Å². The van der Waals surface area contributed by atoms with E-state index < -0.39 is 5.97 Å². The SMILES string of the molecule is O=C(COC(=O)c1cc2sc3ccccc3c2s1)NCc1ccco1. The number of thiophene rings is 2. The molecule has 4 aromatic rings. The predicted molar refractivity (Wildman–Crippen MR) is 98.0 cm³/mol. The first-order valence-electron chi connectivity index (χ1n) is 7.58. The summed E-state index contributed by atoms with van der Waals surface area (Å²) in [6, 6.07) is 13.4. The van der Waals surface area contributed by atoms with Crippen LogP contribution < -0.4 is 5.32 Å². The first kappa shape index (κ1) is 15.9. The third-order valence-corrected chi connectivity index (χ3v) is 6.02. The van der Waals surface area contributed by atoms with Crippen LogP contribution in [0, 0.1) is 0 Å². The average molecular weight is 371 g/mol. The van der Waals surface area contributed by atoms with Crippen LogP contribution in [0.15, 0.2) is 53.1 Å². The maximum absolute atomic E-state index is 12.2. The molecule has 0 radical (unpaired) electrons. The number of nitrogens with one attached hydrogen (secondary N) is 1. The van der Waals surface area contributed by atoms with E-state index in [1.165, 1.54) is 22.3 Å². The molecule has 0 fully saturated rings. The summed E-state index contributed by atoms with van der Waals surface area (Å²) in [6.07, 6.45) is 1.54. The third kappa shape index (κ3) is 3.29. The predicted octanol–water partition coefficient (Wildman–Crippen LogP) is 4.18. The Bertz CT molecular complexity index is 1050. The summed E-state index contributed by atoms with van der Waals surface area (Å²) in [5, 5.41) is 3.77. The van der Waals surface area contributed by atoms with Crippen molar-refractivity contribution < 1.29 is 18.7 Å². The van der Waals surface area contributed by atoms with Crippen LogP contribution in [0.2, 0.25) is 0 Å². The van der Waals surface area contributed by atoms with Gasteiger partial charge in [0.1, 0.15) is 10.6 Å². The molecule has 0 unspecified atom stereocenters. The highest BCUT2D eigenvalue weighted by molar-refractivity contribution is 7.33. The number of furan rings is 1. The molecule has 0 aliphatic rings. The second-order valence-corrected chi connectivity index (χ2v) is 7.47. The van der Waals surface area contributed by atoms with Crippen LogP contribution in [-0.4, -0.2) is 18.5 Å². The monoisotopic (exact) mass is 371 g/mol. The first-order valence-corrected chi connectivity index (χ1v) is 9.21. The fraction of sp³-hybridized carbons (Fsp3) is 0.111. The lowest BCUT2D eigenvalue weighted by Crippen LogP contribution is -2.28. The van der Waals surface area contributed by atoms with E-state index >= 15 is 0 Å². The van der Waals surface area contributed by atoms with E-state index in [0.29, 0.717) is 10.6 Å². The van der Waals surface area contributed by atoms with E-state index in [-0.39, 0.29) is 19.1 Å². The van der Waals surface area contributed by atoms with Gasteiger partial charge in [-0.2, -0.15) is 0 Å². The van der Waals surface area contributed by atoms with E-state index in [2.05, 4.69) is 11.4 Å². The van der Waals surface area contributed by atoms with Gasteiger partial charge in [0.25, 0.3) is 5.91 Å². The van der Waals surface area contributed by atoms with Crippen molar-refractivity contribution in [3.05, 3.63) is 59.4 Å². The van der Waals surface area contributed by atoms with Crippen LogP contribution >= 0.6 is 22.7 Å². The molecule has 1 aromatic carbocycles. The summed E-state index contributed by atoms with van der Waals surface area (Å²) in [6.45, 7) is -0.0457. The van der Waals surface area contributed by atoms with Gasteiger partial charge < -0.3 is 14.5 Å². The maximum Gasteiger partial charge on any atom is 0.348 e. The lowest BCUT2D eigenvalue weighted by atomic mass is 10.2. The number of esters is 1. The molecule has 1 amide bonds. The first-order chi connectivity index (χ1) is 12.2. The largest absolute Gasteiger partial charge is 0.467 e. The minimum absolute atomic E-state index is 0.268. The number of amides is 1. The molecule has 3 heterocycles. The van der Waals surface area contributed by atoms with Crippen molar-refractivity contribution in [1.29, 1.82) is 0 Å². The second-order valence-electron chi connectivity index (χ2n) is 5.33. The molecular weight excluding hydrogens is 358 g/mol. The number of carbonyl (C=O) groups excluding carboxylic acids is 2. The molecule has 0 bridgehead atoms. The molecule has 5 nitrogen and oxygen atoms in total. The zero-order valence-corrected chi connectivity index (χ0v) is 14.6.